The summed E-state index contributed by atoms with van der Waals surface area (Å²) in [5.74, 6) is 0.223. The summed E-state index contributed by atoms with van der Waals surface area (Å²) >= 11 is 0. The first-order valence-electron chi connectivity index (χ1n) is 9.58. The molecule has 5 heteroatoms. The first-order chi connectivity index (χ1) is 13.6. The largest absolute Gasteiger partial charge is 0.497 e. The highest BCUT2D eigenvalue weighted by Crippen LogP contribution is 2.22. The molecule has 1 fully saturated rings. The number of carbonyl (C=O) groups excluding carboxylic acids is 2. The van der Waals surface area contributed by atoms with E-state index in [9.17, 15) is 9.59 Å². The minimum absolute atomic E-state index is 0.0312. The molecule has 1 aliphatic carbocycles. The van der Waals surface area contributed by atoms with Gasteiger partial charge < -0.3 is 14.8 Å². The quantitative estimate of drug-likeness (QED) is 0.576. The van der Waals surface area contributed by atoms with Gasteiger partial charge in [-0.25, -0.2) is 4.79 Å². The molecular weight excluding hydrogens is 354 g/mol. The summed E-state index contributed by atoms with van der Waals surface area (Å²) in [6.45, 7) is 0. The van der Waals surface area contributed by atoms with Gasteiger partial charge in [-0.3, -0.25) is 4.79 Å². The number of hydrogen-bond acceptors (Lipinski definition) is 4. The van der Waals surface area contributed by atoms with Crippen molar-refractivity contribution < 1.29 is 19.1 Å². The molecule has 28 heavy (non-hydrogen) atoms. The number of rotatable bonds is 6. The van der Waals surface area contributed by atoms with Gasteiger partial charge in [0.25, 0.3) is 0 Å². The third-order valence-corrected chi connectivity index (χ3v) is 4.76. The molecule has 0 spiro atoms. The molecule has 146 valence electrons. The maximum absolute atomic E-state index is 12.2. The zero-order valence-electron chi connectivity index (χ0n) is 16.0. The Bertz CT molecular complexity index is 819. The topological polar surface area (TPSA) is 64.6 Å². The zero-order chi connectivity index (χ0) is 19.8. The second-order valence-electron chi connectivity index (χ2n) is 6.84. The summed E-state index contributed by atoms with van der Waals surface area (Å²) in [6, 6.07) is 14.2. The Labute approximate surface area is 165 Å². The summed E-state index contributed by atoms with van der Waals surface area (Å²) in [4.78, 5) is 24.3. The first kappa shape index (κ1) is 19.7. The van der Waals surface area contributed by atoms with Crippen molar-refractivity contribution in [3.05, 3.63) is 65.7 Å². The van der Waals surface area contributed by atoms with E-state index in [2.05, 4.69) is 5.32 Å². The molecule has 0 bridgehead atoms. The van der Waals surface area contributed by atoms with Gasteiger partial charge in [-0.1, -0.05) is 18.6 Å². The van der Waals surface area contributed by atoms with Crippen molar-refractivity contribution in [2.24, 2.45) is 0 Å². The average molecular weight is 379 g/mol. The van der Waals surface area contributed by atoms with Gasteiger partial charge in [0.15, 0.2) is 0 Å². The number of nitrogens with one attached hydrogen (secondary N) is 1. The van der Waals surface area contributed by atoms with Gasteiger partial charge >= 0.3 is 5.97 Å². The molecule has 1 amide bonds. The molecule has 2 aromatic carbocycles. The number of hydrogen-bond donors (Lipinski definition) is 1. The Hall–Kier alpha value is -3.08. The molecular formula is C23H25NO4. The van der Waals surface area contributed by atoms with E-state index in [1.54, 1.807) is 37.5 Å². The third kappa shape index (κ3) is 5.71. The predicted octanol–water partition coefficient (Wildman–Crippen LogP) is 4.84. The summed E-state index contributed by atoms with van der Waals surface area (Å²) in [6.07, 6.45) is 8.57. The molecule has 0 unspecified atom stereocenters. The average Bonchev–Trinajstić information content (AvgIpc) is 2.74. The van der Waals surface area contributed by atoms with E-state index < -0.39 is 0 Å². The number of carbonyl (C=O) groups is 2. The van der Waals surface area contributed by atoms with Gasteiger partial charge in [-0.15, -0.1) is 0 Å². The molecule has 0 aromatic heterocycles. The fourth-order valence-electron chi connectivity index (χ4n) is 3.16. The molecule has 0 heterocycles. The summed E-state index contributed by atoms with van der Waals surface area (Å²) in [7, 11) is 1.61. The van der Waals surface area contributed by atoms with Crippen molar-refractivity contribution in [1.82, 2.24) is 0 Å². The lowest BCUT2D eigenvalue weighted by molar-refractivity contribution is -0.111. The fourth-order valence-corrected chi connectivity index (χ4v) is 3.16. The first-order valence-corrected chi connectivity index (χ1v) is 9.58. The number of benzene rings is 2. The SMILES string of the molecule is COc1ccc(/C=C/C(=O)Nc2ccc(C(=O)OC3CCCCC3)cc2)cc1. The van der Waals surface area contributed by atoms with Crippen LogP contribution in [0.5, 0.6) is 5.75 Å². The van der Waals surface area contributed by atoms with Crippen molar-refractivity contribution in [1.29, 1.82) is 0 Å². The molecule has 0 saturated heterocycles. The Kier molecular flexibility index (Phi) is 6.84. The molecule has 0 radical (unpaired) electrons. The highest BCUT2D eigenvalue weighted by atomic mass is 16.5. The van der Waals surface area contributed by atoms with Crippen LogP contribution < -0.4 is 10.1 Å². The number of anilines is 1. The standard InChI is InChI=1S/C23H25NO4/c1-27-20-14-7-17(8-15-20)9-16-22(25)24-19-12-10-18(11-13-19)23(26)28-21-5-3-2-4-6-21/h7-16,21H,2-6H2,1H3,(H,24,25)/b16-9+. The van der Waals surface area contributed by atoms with Gasteiger partial charge in [-0.2, -0.15) is 0 Å². The van der Waals surface area contributed by atoms with Gasteiger partial charge in [0.2, 0.25) is 5.91 Å². The van der Waals surface area contributed by atoms with Crippen molar-refractivity contribution in [3.8, 4) is 5.75 Å². The smallest absolute Gasteiger partial charge is 0.338 e. The van der Waals surface area contributed by atoms with E-state index in [0.717, 1.165) is 37.0 Å². The molecule has 1 aliphatic rings. The van der Waals surface area contributed by atoms with Crippen LogP contribution in [0.4, 0.5) is 5.69 Å². The maximum atomic E-state index is 12.2. The van der Waals surface area contributed by atoms with Crippen LogP contribution in [0.1, 0.15) is 48.0 Å². The van der Waals surface area contributed by atoms with Gasteiger partial charge in [0, 0.05) is 11.8 Å². The van der Waals surface area contributed by atoms with Crippen LogP contribution in [-0.4, -0.2) is 25.1 Å². The summed E-state index contributed by atoms with van der Waals surface area (Å²) < 4.78 is 10.7. The minimum atomic E-state index is -0.302. The summed E-state index contributed by atoms with van der Waals surface area (Å²) in [5, 5.41) is 2.78. The molecule has 0 aliphatic heterocycles. The number of esters is 1. The monoisotopic (exact) mass is 379 g/mol. The minimum Gasteiger partial charge on any atom is -0.497 e. The van der Waals surface area contributed by atoms with Gasteiger partial charge in [0.1, 0.15) is 11.9 Å². The Morgan fingerprint density at radius 2 is 1.64 bits per heavy atom. The molecule has 1 saturated carbocycles. The Balaban J connectivity index is 1.51. The van der Waals surface area contributed by atoms with E-state index in [-0.39, 0.29) is 18.0 Å². The van der Waals surface area contributed by atoms with E-state index in [4.69, 9.17) is 9.47 Å². The van der Waals surface area contributed by atoms with Crippen molar-refractivity contribution in [3.63, 3.8) is 0 Å². The van der Waals surface area contributed by atoms with Crippen molar-refractivity contribution >= 4 is 23.6 Å². The van der Waals surface area contributed by atoms with Crippen LogP contribution >= 0.6 is 0 Å². The lowest BCUT2D eigenvalue weighted by atomic mass is 9.98. The Morgan fingerprint density at radius 1 is 0.964 bits per heavy atom. The van der Waals surface area contributed by atoms with Crippen LogP contribution in [0.15, 0.2) is 54.6 Å². The van der Waals surface area contributed by atoms with Crippen LogP contribution in [0, 0.1) is 0 Å². The molecule has 0 atom stereocenters. The lowest BCUT2D eigenvalue weighted by Gasteiger charge is -2.21. The zero-order valence-corrected chi connectivity index (χ0v) is 16.0. The van der Waals surface area contributed by atoms with Crippen molar-refractivity contribution in [2.45, 2.75) is 38.2 Å². The number of methoxy groups -OCH3 is 1. The van der Waals surface area contributed by atoms with Gasteiger partial charge in [-0.05, 0) is 73.7 Å². The van der Waals surface area contributed by atoms with E-state index >= 15 is 0 Å². The van der Waals surface area contributed by atoms with Crippen LogP contribution in [-0.2, 0) is 9.53 Å². The van der Waals surface area contributed by atoms with E-state index in [0.29, 0.717) is 11.3 Å². The van der Waals surface area contributed by atoms with Crippen molar-refractivity contribution in [2.75, 3.05) is 12.4 Å². The summed E-state index contributed by atoms with van der Waals surface area (Å²) in [5.41, 5.74) is 2.02. The maximum Gasteiger partial charge on any atom is 0.338 e. The highest BCUT2D eigenvalue weighted by molar-refractivity contribution is 6.02. The molecule has 1 N–H and O–H groups in total. The molecule has 5 nitrogen and oxygen atoms in total. The molecule has 2 aromatic rings. The highest BCUT2D eigenvalue weighted by Gasteiger charge is 2.18. The van der Waals surface area contributed by atoms with Gasteiger partial charge in [0.05, 0.1) is 12.7 Å². The second kappa shape index (κ2) is 9.74. The second-order valence-corrected chi connectivity index (χ2v) is 6.84. The third-order valence-electron chi connectivity index (χ3n) is 4.76. The predicted molar refractivity (Wildman–Crippen MR) is 109 cm³/mol. The molecule has 3 rings (SSSR count). The van der Waals surface area contributed by atoms with E-state index in [1.165, 1.54) is 12.5 Å². The fraction of sp³-hybridized carbons (Fsp3) is 0.304. The van der Waals surface area contributed by atoms with E-state index in [1.807, 2.05) is 24.3 Å². The van der Waals surface area contributed by atoms with Crippen LogP contribution in [0.3, 0.4) is 0 Å². The number of amides is 1. The Morgan fingerprint density at radius 3 is 2.29 bits per heavy atom. The lowest BCUT2D eigenvalue weighted by Crippen LogP contribution is -2.20. The van der Waals surface area contributed by atoms with Crippen LogP contribution in [0.25, 0.3) is 6.08 Å². The normalized spacial score (nSPS) is 14.6. The van der Waals surface area contributed by atoms with Crippen LogP contribution in [0.2, 0.25) is 0 Å². The number of ether oxygens (including phenoxy) is 2.